The van der Waals surface area contributed by atoms with Crippen LogP contribution in [0.15, 0.2) is 24.3 Å². The summed E-state index contributed by atoms with van der Waals surface area (Å²) >= 11 is 0. The summed E-state index contributed by atoms with van der Waals surface area (Å²) < 4.78 is 11.4. The fourth-order valence-electron chi connectivity index (χ4n) is 11.3. The highest BCUT2D eigenvalue weighted by Gasteiger charge is 2.70. The van der Waals surface area contributed by atoms with Crippen LogP contribution in [0.25, 0.3) is 0 Å². The van der Waals surface area contributed by atoms with E-state index in [0.717, 1.165) is 25.7 Å². The van der Waals surface area contributed by atoms with Crippen molar-refractivity contribution in [3.63, 3.8) is 0 Å². The van der Waals surface area contributed by atoms with Gasteiger partial charge in [0, 0.05) is 17.9 Å². The van der Waals surface area contributed by atoms with E-state index in [4.69, 9.17) is 9.47 Å². The number of carbonyl (C=O) groups is 2. The van der Waals surface area contributed by atoms with Crippen LogP contribution in [0, 0.1) is 50.2 Å². The molecule has 262 valence electrons. The summed E-state index contributed by atoms with van der Waals surface area (Å²) in [4.78, 5) is 24.7. The van der Waals surface area contributed by atoms with Gasteiger partial charge in [-0.25, -0.2) is 4.79 Å². The smallest absolute Gasteiger partial charge is 0.333 e. The van der Waals surface area contributed by atoms with Crippen molar-refractivity contribution in [1.29, 1.82) is 0 Å². The molecule has 4 fully saturated rings. The second-order valence-corrected chi connectivity index (χ2v) is 17.4. The number of hydrogen-bond donors (Lipinski definition) is 4. The number of ether oxygens (including phenoxy) is 2. The Kier molecular flexibility index (Phi) is 10.2. The number of esters is 2. The first kappa shape index (κ1) is 37.1. The molecular formula is C38H62O8. The van der Waals surface area contributed by atoms with Crippen LogP contribution in [0.2, 0.25) is 0 Å². The Balaban J connectivity index is 1.74. The number of aliphatic hydroxyl groups is 4. The Morgan fingerprint density at radius 3 is 2.09 bits per heavy atom. The van der Waals surface area contributed by atoms with Gasteiger partial charge in [0.05, 0.1) is 36.4 Å². The summed E-state index contributed by atoms with van der Waals surface area (Å²) in [6.45, 7) is 22.1. The second-order valence-electron chi connectivity index (χ2n) is 17.4. The summed E-state index contributed by atoms with van der Waals surface area (Å²) in [5.74, 6) is -0.741. The van der Waals surface area contributed by atoms with Gasteiger partial charge >= 0.3 is 11.9 Å². The van der Waals surface area contributed by atoms with Crippen LogP contribution < -0.4 is 0 Å². The summed E-state index contributed by atoms with van der Waals surface area (Å²) in [7, 11) is 0. The molecule has 0 aliphatic heterocycles. The molecule has 8 heteroatoms. The maximum Gasteiger partial charge on any atom is 0.333 e. The number of fused-ring (bicyclic) bond motifs is 2. The summed E-state index contributed by atoms with van der Waals surface area (Å²) in [5.41, 5.74) is -2.60. The number of carbonyl (C=O) groups excluding carboxylic acids is 2. The normalized spacial score (nSPS) is 47.2. The molecule has 3 unspecified atom stereocenters. The highest BCUT2D eigenvalue weighted by molar-refractivity contribution is 5.87. The van der Waals surface area contributed by atoms with Crippen molar-refractivity contribution in [3.8, 4) is 0 Å². The fraction of sp³-hybridized carbons (Fsp3) is 0.842. The molecule has 8 nitrogen and oxygen atoms in total. The number of rotatable bonds is 8. The van der Waals surface area contributed by atoms with Crippen molar-refractivity contribution >= 4 is 11.9 Å². The van der Waals surface area contributed by atoms with Gasteiger partial charge in [-0.05, 0) is 105 Å². The van der Waals surface area contributed by atoms with Crippen LogP contribution in [0.1, 0.15) is 114 Å². The minimum atomic E-state index is -1.24. The molecule has 0 saturated heterocycles. The van der Waals surface area contributed by atoms with Crippen molar-refractivity contribution in [2.45, 2.75) is 138 Å². The van der Waals surface area contributed by atoms with Gasteiger partial charge in [-0.3, -0.25) is 4.79 Å². The molecule has 0 aromatic rings. The largest absolute Gasteiger partial charge is 0.465 e. The summed E-state index contributed by atoms with van der Waals surface area (Å²) in [6.07, 6.45) is 5.49. The molecule has 0 bridgehead atoms. The van der Waals surface area contributed by atoms with E-state index in [1.54, 1.807) is 13.0 Å². The first-order chi connectivity index (χ1) is 21.2. The van der Waals surface area contributed by atoms with Gasteiger partial charge < -0.3 is 29.9 Å². The molecule has 0 spiro atoms. The zero-order valence-corrected chi connectivity index (χ0v) is 29.9. The first-order valence-electron chi connectivity index (χ1n) is 17.5. The standard InChI is InChI=1S/C38H62O8/c1-11-13-27-35(8)16-15-28(40)36(9,21-46-32(44)23(3)12-2)26(35)14-17-37(27,10)34(7)19-25-18-33(5,6)30(42)31(43)38(25,29(41)20-34)22-45-24(4)39/h11-12,25-31,40-43H,1,13-22H2,2-10H3/b23-12+/t25?,26?,27?,28-,29+,30-,31-,34-,35-,36+,37+,38-/m0/s1. The quantitative estimate of drug-likeness (QED) is 0.149. The third kappa shape index (κ3) is 5.61. The lowest BCUT2D eigenvalue weighted by molar-refractivity contribution is -0.277. The predicted molar refractivity (Wildman–Crippen MR) is 177 cm³/mol. The molecule has 0 radical (unpaired) electrons. The fourth-order valence-corrected chi connectivity index (χ4v) is 11.3. The SMILES string of the molecule is C=CCC1[C@@]2(C)CC[C@H](O)[C@](C)(COC(=O)/C(C)=C/C)C2CC[C@@]1(C)[C@@]1(C)CC2CC(C)(C)[C@@H](O)[C@H](O)[C@]2(COC(C)=O)[C@H](O)C1. The zero-order chi connectivity index (χ0) is 34.7. The Labute approximate surface area is 277 Å². The molecule has 0 aromatic carbocycles. The van der Waals surface area contributed by atoms with Crippen LogP contribution in [0.4, 0.5) is 0 Å². The van der Waals surface area contributed by atoms with Crippen molar-refractivity contribution < 1.29 is 39.5 Å². The van der Waals surface area contributed by atoms with E-state index in [2.05, 4.69) is 34.3 Å². The molecule has 0 heterocycles. The maximum atomic E-state index is 12.7. The number of allylic oxidation sites excluding steroid dienone is 2. The molecule has 12 atom stereocenters. The van der Waals surface area contributed by atoms with Crippen molar-refractivity contribution in [2.24, 2.45) is 50.2 Å². The Morgan fingerprint density at radius 1 is 0.848 bits per heavy atom. The van der Waals surface area contributed by atoms with Crippen LogP contribution in [-0.4, -0.2) is 70.0 Å². The third-order valence-electron chi connectivity index (χ3n) is 14.5. The average Bonchev–Trinajstić information content (AvgIpc) is 2.97. The molecule has 4 saturated carbocycles. The van der Waals surface area contributed by atoms with E-state index in [1.165, 1.54) is 6.92 Å². The first-order valence-corrected chi connectivity index (χ1v) is 17.5. The summed E-state index contributed by atoms with van der Waals surface area (Å²) in [5, 5.41) is 46.5. The topological polar surface area (TPSA) is 134 Å². The maximum absolute atomic E-state index is 12.7. The van der Waals surface area contributed by atoms with Gasteiger partial charge in [-0.15, -0.1) is 6.58 Å². The lowest BCUT2D eigenvalue weighted by atomic mass is 9.35. The Hall–Kier alpha value is -1.74. The second kappa shape index (κ2) is 12.6. The molecule has 4 N–H and O–H groups in total. The monoisotopic (exact) mass is 646 g/mol. The average molecular weight is 647 g/mol. The number of hydrogen-bond acceptors (Lipinski definition) is 8. The van der Waals surface area contributed by atoms with E-state index < -0.39 is 46.6 Å². The van der Waals surface area contributed by atoms with Crippen molar-refractivity contribution in [1.82, 2.24) is 0 Å². The van der Waals surface area contributed by atoms with Crippen LogP contribution in [-0.2, 0) is 19.1 Å². The van der Waals surface area contributed by atoms with Gasteiger partial charge in [-0.2, -0.15) is 0 Å². The minimum absolute atomic E-state index is 0.103. The lowest BCUT2D eigenvalue weighted by Gasteiger charge is -2.70. The Bertz CT molecular complexity index is 1210. The van der Waals surface area contributed by atoms with Crippen LogP contribution in [0.5, 0.6) is 0 Å². The highest BCUT2D eigenvalue weighted by Crippen LogP contribution is 2.73. The van der Waals surface area contributed by atoms with Crippen molar-refractivity contribution in [2.75, 3.05) is 13.2 Å². The summed E-state index contributed by atoms with van der Waals surface area (Å²) in [6, 6.07) is 0. The number of aliphatic hydroxyl groups excluding tert-OH is 4. The molecule has 4 rings (SSSR count). The van der Waals surface area contributed by atoms with Crippen LogP contribution >= 0.6 is 0 Å². The van der Waals surface area contributed by atoms with E-state index in [-0.39, 0.29) is 53.2 Å². The van der Waals surface area contributed by atoms with Gasteiger partial charge in [0.2, 0.25) is 0 Å². The Morgan fingerprint density at radius 2 is 1.50 bits per heavy atom. The van der Waals surface area contributed by atoms with Gasteiger partial charge in [-0.1, -0.05) is 53.7 Å². The zero-order valence-electron chi connectivity index (χ0n) is 29.9. The molecule has 0 aromatic heterocycles. The molecule has 0 amide bonds. The minimum Gasteiger partial charge on any atom is -0.465 e. The van der Waals surface area contributed by atoms with Gasteiger partial charge in [0.1, 0.15) is 6.61 Å². The molecule has 4 aliphatic carbocycles. The lowest BCUT2D eigenvalue weighted by Crippen LogP contribution is -2.70. The predicted octanol–water partition coefficient (Wildman–Crippen LogP) is 5.75. The molecular weight excluding hydrogens is 584 g/mol. The van der Waals surface area contributed by atoms with Crippen LogP contribution in [0.3, 0.4) is 0 Å². The van der Waals surface area contributed by atoms with E-state index in [0.29, 0.717) is 31.3 Å². The third-order valence-corrected chi connectivity index (χ3v) is 14.5. The van der Waals surface area contributed by atoms with E-state index in [9.17, 15) is 30.0 Å². The van der Waals surface area contributed by atoms with Gasteiger partial charge in [0.25, 0.3) is 0 Å². The van der Waals surface area contributed by atoms with Gasteiger partial charge in [0.15, 0.2) is 0 Å². The molecule has 46 heavy (non-hydrogen) atoms. The molecule has 4 aliphatic rings. The van der Waals surface area contributed by atoms with E-state index in [1.807, 2.05) is 26.8 Å². The van der Waals surface area contributed by atoms with E-state index >= 15 is 0 Å². The highest BCUT2D eigenvalue weighted by atomic mass is 16.5. The van der Waals surface area contributed by atoms with Crippen molar-refractivity contribution in [3.05, 3.63) is 24.3 Å².